The number of carbonyl (C=O) groups is 1. The molecule has 1 aliphatic rings. The van der Waals surface area contributed by atoms with Gasteiger partial charge >= 0.3 is 6.09 Å². The highest BCUT2D eigenvalue weighted by molar-refractivity contribution is 5.68. The Morgan fingerprint density at radius 1 is 1.07 bits per heavy atom. The molecule has 1 fully saturated rings. The van der Waals surface area contributed by atoms with E-state index in [1.807, 2.05) is 70.2 Å². The number of benzene rings is 1. The maximum absolute atomic E-state index is 12.2. The molecule has 3 rings (SSSR count). The maximum atomic E-state index is 12.2. The van der Waals surface area contributed by atoms with Gasteiger partial charge in [-0.05, 0) is 39.3 Å². The first-order chi connectivity index (χ1) is 13.2. The molecule has 150 valence electrons. The summed E-state index contributed by atoms with van der Waals surface area (Å²) in [7, 11) is 0. The van der Waals surface area contributed by atoms with Crippen LogP contribution in [0.2, 0.25) is 0 Å². The molecule has 1 aromatic heterocycles. The summed E-state index contributed by atoms with van der Waals surface area (Å²) in [5.74, 6) is 0.866. The first-order valence-corrected chi connectivity index (χ1v) is 9.68. The van der Waals surface area contributed by atoms with Gasteiger partial charge in [0.1, 0.15) is 17.5 Å². The molecule has 6 heteroatoms. The van der Waals surface area contributed by atoms with E-state index in [4.69, 9.17) is 9.72 Å². The number of ether oxygens (including phenoxy) is 1. The highest BCUT2D eigenvalue weighted by Gasteiger charge is 2.26. The summed E-state index contributed by atoms with van der Waals surface area (Å²) in [5, 5.41) is 10.7. The number of aryl methyl sites for hydroxylation is 1. The molecule has 1 atom stereocenters. The Kier molecular flexibility index (Phi) is 5.89. The molecule has 1 amide bonds. The van der Waals surface area contributed by atoms with E-state index in [0.717, 1.165) is 22.6 Å². The Bertz CT molecular complexity index is 810. The molecule has 1 unspecified atom stereocenters. The number of aromatic nitrogens is 1. The van der Waals surface area contributed by atoms with Crippen LogP contribution in [0.3, 0.4) is 0 Å². The van der Waals surface area contributed by atoms with Gasteiger partial charge < -0.3 is 19.6 Å². The molecular formula is C22H29N3O3. The minimum atomic E-state index is -0.688. The first kappa shape index (κ1) is 20.1. The number of rotatable bonds is 3. The molecule has 1 aliphatic heterocycles. The Hall–Kier alpha value is -2.60. The third kappa shape index (κ3) is 4.81. The van der Waals surface area contributed by atoms with Crippen molar-refractivity contribution in [1.29, 1.82) is 0 Å². The molecular weight excluding hydrogens is 354 g/mol. The summed E-state index contributed by atoms with van der Waals surface area (Å²) in [6.07, 6.45) is -0.954. The van der Waals surface area contributed by atoms with Gasteiger partial charge in [-0.3, -0.25) is 0 Å². The topological polar surface area (TPSA) is 65.9 Å². The summed E-state index contributed by atoms with van der Waals surface area (Å²) >= 11 is 0. The Morgan fingerprint density at radius 2 is 1.71 bits per heavy atom. The molecule has 0 radical (unpaired) electrons. The molecule has 2 aromatic rings. The highest BCUT2D eigenvalue weighted by Crippen LogP contribution is 2.26. The van der Waals surface area contributed by atoms with Crippen LogP contribution in [0.25, 0.3) is 0 Å². The van der Waals surface area contributed by atoms with E-state index in [1.165, 1.54) is 0 Å². The summed E-state index contributed by atoms with van der Waals surface area (Å²) in [4.78, 5) is 20.8. The van der Waals surface area contributed by atoms with Gasteiger partial charge in [-0.15, -0.1) is 0 Å². The van der Waals surface area contributed by atoms with Crippen LogP contribution in [-0.4, -0.2) is 52.9 Å². The van der Waals surface area contributed by atoms with Gasteiger partial charge in [-0.25, -0.2) is 9.78 Å². The van der Waals surface area contributed by atoms with Crippen molar-refractivity contribution in [1.82, 2.24) is 9.88 Å². The molecule has 6 nitrogen and oxygen atoms in total. The van der Waals surface area contributed by atoms with Gasteiger partial charge in [-0.1, -0.05) is 36.4 Å². The molecule has 0 bridgehead atoms. The molecule has 0 aliphatic carbocycles. The molecule has 1 aromatic carbocycles. The minimum absolute atomic E-state index is 0.266. The lowest BCUT2D eigenvalue weighted by Crippen LogP contribution is -2.50. The van der Waals surface area contributed by atoms with Gasteiger partial charge in [-0.2, -0.15) is 0 Å². The quantitative estimate of drug-likeness (QED) is 0.878. The van der Waals surface area contributed by atoms with Crippen LogP contribution >= 0.6 is 0 Å². The first-order valence-electron chi connectivity index (χ1n) is 9.68. The fourth-order valence-electron chi connectivity index (χ4n) is 3.28. The zero-order valence-electron chi connectivity index (χ0n) is 17.1. The van der Waals surface area contributed by atoms with Crippen LogP contribution in [0.1, 0.15) is 43.7 Å². The minimum Gasteiger partial charge on any atom is -0.444 e. The molecule has 1 N–H and O–H groups in total. The van der Waals surface area contributed by atoms with Gasteiger partial charge in [0.25, 0.3) is 0 Å². The van der Waals surface area contributed by atoms with E-state index in [0.29, 0.717) is 26.2 Å². The lowest BCUT2D eigenvalue weighted by atomic mass is 10.0. The van der Waals surface area contributed by atoms with Crippen LogP contribution in [0, 0.1) is 6.92 Å². The largest absolute Gasteiger partial charge is 0.444 e. The number of nitrogens with zero attached hydrogens (tertiary/aromatic N) is 3. The molecule has 28 heavy (non-hydrogen) atoms. The van der Waals surface area contributed by atoms with E-state index in [2.05, 4.69) is 4.90 Å². The fourth-order valence-corrected chi connectivity index (χ4v) is 3.28. The summed E-state index contributed by atoms with van der Waals surface area (Å²) in [5.41, 5.74) is 1.99. The lowest BCUT2D eigenvalue weighted by Gasteiger charge is -2.36. The number of aliphatic hydroxyl groups is 1. The number of hydrogen-bond acceptors (Lipinski definition) is 5. The van der Waals surface area contributed by atoms with E-state index in [-0.39, 0.29) is 6.09 Å². The van der Waals surface area contributed by atoms with Crippen LogP contribution in [0.4, 0.5) is 10.6 Å². The van der Waals surface area contributed by atoms with E-state index in [1.54, 1.807) is 4.90 Å². The molecule has 2 heterocycles. The number of amides is 1. The number of carbonyl (C=O) groups excluding carboxylic acids is 1. The predicted octanol–water partition coefficient (Wildman–Crippen LogP) is 3.53. The molecule has 0 saturated carbocycles. The average Bonchev–Trinajstić information content (AvgIpc) is 2.67. The highest BCUT2D eigenvalue weighted by atomic mass is 16.6. The third-order valence-electron chi connectivity index (χ3n) is 4.78. The number of anilines is 1. The summed E-state index contributed by atoms with van der Waals surface area (Å²) in [6.45, 7) is 10.1. The Balaban J connectivity index is 1.65. The second kappa shape index (κ2) is 8.19. The number of pyridine rings is 1. The Morgan fingerprint density at radius 3 is 2.29 bits per heavy atom. The monoisotopic (exact) mass is 383 g/mol. The van der Waals surface area contributed by atoms with Crippen LogP contribution in [0.15, 0.2) is 42.5 Å². The van der Waals surface area contributed by atoms with Crippen molar-refractivity contribution >= 4 is 11.9 Å². The molecule has 1 saturated heterocycles. The van der Waals surface area contributed by atoms with Gasteiger partial charge in [0.2, 0.25) is 0 Å². The van der Waals surface area contributed by atoms with E-state index >= 15 is 0 Å². The van der Waals surface area contributed by atoms with Gasteiger partial charge in [0.05, 0.1) is 0 Å². The number of piperazine rings is 1. The van der Waals surface area contributed by atoms with Crippen LogP contribution in [0.5, 0.6) is 0 Å². The summed E-state index contributed by atoms with van der Waals surface area (Å²) in [6, 6.07) is 13.5. The number of hydrogen-bond donors (Lipinski definition) is 1. The van der Waals surface area contributed by atoms with E-state index in [9.17, 15) is 9.90 Å². The third-order valence-corrected chi connectivity index (χ3v) is 4.78. The second-order valence-electron chi connectivity index (χ2n) is 8.11. The van der Waals surface area contributed by atoms with Crippen molar-refractivity contribution in [3.8, 4) is 0 Å². The predicted molar refractivity (Wildman–Crippen MR) is 109 cm³/mol. The van der Waals surface area contributed by atoms with Gasteiger partial charge in [0, 0.05) is 37.4 Å². The zero-order chi connectivity index (χ0) is 20.3. The standard InChI is InChI=1S/C22H29N3O3/c1-16-18(20(26)17-8-6-5-7-9-17)10-11-19(23-16)24-12-14-25(15-13-24)21(27)28-22(2,3)4/h5-11,20,26H,12-15H2,1-4H3. The lowest BCUT2D eigenvalue weighted by molar-refractivity contribution is 0.0240. The van der Waals surface area contributed by atoms with Crippen molar-refractivity contribution in [3.63, 3.8) is 0 Å². The number of aliphatic hydroxyl groups excluding tert-OH is 1. The SMILES string of the molecule is Cc1nc(N2CCN(C(=O)OC(C)(C)C)CC2)ccc1C(O)c1ccccc1. The van der Waals surface area contributed by atoms with Crippen LogP contribution < -0.4 is 4.90 Å². The van der Waals surface area contributed by atoms with Crippen LogP contribution in [-0.2, 0) is 4.74 Å². The fraction of sp³-hybridized carbons (Fsp3) is 0.455. The zero-order valence-corrected chi connectivity index (χ0v) is 17.1. The van der Waals surface area contributed by atoms with E-state index < -0.39 is 11.7 Å². The molecule has 0 spiro atoms. The average molecular weight is 383 g/mol. The second-order valence-corrected chi connectivity index (χ2v) is 8.11. The smallest absolute Gasteiger partial charge is 0.410 e. The van der Waals surface area contributed by atoms with Crippen molar-refractivity contribution in [2.24, 2.45) is 0 Å². The summed E-state index contributed by atoms with van der Waals surface area (Å²) < 4.78 is 5.45. The van der Waals surface area contributed by atoms with Gasteiger partial charge in [0.15, 0.2) is 0 Å². The maximum Gasteiger partial charge on any atom is 0.410 e. The van der Waals surface area contributed by atoms with Crippen molar-refractivity contribution in [2.75, 3.05) is 31.1 Å². The van der Waals surface area contributed by atoms with Crippen molar-refractivity contribution in [2.45, 2.75) is 39.4 Å². The Labute approximate surface area is 166 Å². The van der Waals surface area contributed by atoms with Crippen molar-refractivity contribution in [3.05, 3.63) is 59.3 Å². The normalized spacial score (nSPS) is 16.0. The van der Waals surface area contributed by atoms with Crippen molar-refractivity contribution < 1.29 is 14.6 Å².